The van der Waals surface area contributed by atoms with Crippen molar-refractivity contribution in [3.05, 3.63) is 106 Å². The zero-order chi connectivity index (χ0) is 18.4. The van der Waals surface area contributed by atoms with Crippen LogP contribution < -0.4 is 5.32 Å². The molecule has 0 unspecified atom stereocenters. The molecule has 0 aliphatic carbocycles. The fourth-order valence-electron chi connectivity index (χ4n) is 2.63. The number of amides is 1. The van der Waals surface area contributed by atoms with E-state index in [2.05, 4.69) is 5.32 Å². The third-order valence-electron chi connectivity index (χ3n) is 4.11. The van der Waals surface area contributed by atoms with Crippen LogP contribution in [0.25, 0.3) is 11.6 Å². The summed E-state index contributed by atoms with van der Waals surface area (Å²) in [6.45, 7) is 2.52. The maximum atomic E-state index is 12.9. The van der Waals surface area contributed by atoms with Crippen molar-refractivity contribution in [3.63, 3.8) is 0 Å². The third-order valence-corrected chi connectivity index (χ3v) is 4.45. The molecule has 0 heterocycles. The summed E-state index contributed by atoms with van der Waals surface area (Å²) in [7, 11) is 0. The summed E-state index contributed by atoms with van der Waals surface area (Å²) < 4.78 is 0. The van der Waals surface area contributed by atoms with E-state index in [1.54, 1.807) is 0 Å². The molecule has 3 aromatic rings. The lowest BCUT2D eigenvalue weighted by molar-refractivity contribution is -0.115. The second-order valence-electron chi connectivity index (χ2n) is 6.11. The van der Waals surface area contributed by atoms with Gasteiger partial charge in [-0.3, -0.25) is 4.79 Å². The molecule has 2 nitrogen and oxygen atoms in total. The lowest BCUT2D eigenvalue weighted by Crippen LogP contribution is -2.23. The van der Waals surface area contributed by atoms with Crippen molar-refractivity contribution in [2.75, 3.05) is 0 Å². The normalized spacial score (nSPS) is 11.2. The topological polar surface area (TPSA) is 29.1 Å². The van der Waals surface area contributed by atoms with Crippen LogP contribution in [-0.4, -0.2) is 5.91 Å². The van der Waals surface area contributed by atoms with Gasteiger partial charge in [-0.1, -0.05) is 90.0 Å². The van der Waals surface area contributed by atoms with Crippen molar-refractivity contribution in [2.24, 2.45) is 0 Å². The molecular formula is C23H20ClNO. The van der Waals surface area contributed by atoms with Crippen LogP contribution in [0.1, 0.15) is 22.3 Å². The van der Waals surface area contributed by atoms with E-state index in [9.17, 15) is 4.79 Å². The first-order valence-electron chi connectivity index (χ1n) is 8.49. The van der Waals surface area contributed by atoms with Gasteiger partial charge < -0.3 is 5.32 Å². The molecule has 0 aliphatic rings. The number of carbonyl (C=O) groups excluding carboxylic acids is 1. The van der Waals surface area contributed by atoms with Crippen LogP contribution in [0.4, 0.5) is 0 Å². The van der Waals surface area contributed by atoms with Crippen LogP contribution in [0.3, 0.4) is 0 Å². The summed E-state index contributed by atoms with van der Waals surface area (Å²) >= 11 is 6.27. The van der Waals surface area contributed by atoms with E-state index in [1.165, 1.54) is 5.56 Å². The monoisotopic (exact) mass is 361 g/mol. The van der Waals surface area contributed by atoms with E-state index in [1.807, 2.05) is 91.9 Å². The fourth-order valence-corrected chi connectivity index (χ4v) is 2.82. The Bertz CT molecular complexity index is 914. The standard InChI is InChI=1S/C23H20ClNO/c1-17-11-13-18(14-12-17)16-25-23(26)21(19-7-3-2-4-8-19)15-20-9-5-6-10-22(20)24/h2-15H,16H2,1H3,(H,25,26)/b21-15+. The van der Waals surface area contributed by atoms with Gasteiger partial charge in [-0.25, -0.2) is 0 Å². The molecule has 0 saturated heterocycles. The van der Waals surface area contributed by atoms with Crippen molar-refractivity contribution in [1.29, 1.82) is 0 Å². The number of aryl methyl sites for hydroxylation is 1. The van der Waals surface area contributed by atoms with Crippen LogP contribution in [0.2, 0.25) is 5.02 Å². The quantitative estimate of drug-likeness (QED) is 0.471. The molecule has 1 N–H and O–H groups in total. The molecule has 26 heavy (non-hydrogen) atoms. The van der Waals surface area contributed by atoms with Gasteiger partial charge in [0.25, 0.3) is 5.91 Å². The number of hydrogen-bond donors (Lipinski definition) is 1. The molecule has 130 valence electrons. The van der Waals surface area contributed by atoms with Crippen LogP contribution in [0.5, 0.6) is 0 Å². The van der Waals surface area contributed by atoms with Crippen molar-refractivity contribution in [1.82, 2.24) is 5.32 Å². The Hall–Kier alpha value is -2.84. The highest BCUT2D eigenvalue weighted by Crippen LogP contribution is 2.23. The van der Waals surface area contributed by atoms with E-state index in [0.717, 1.165) is 16.7 Å². The summed E-state index contributed by atoms with van der Waals surface area (Å²) in [5.41, 5.74) is 4.52. The zero-order valence-corrected chi connectivity index (χ0v) is 15.3. The van der Waals surface area contributed by atoms with Crippen LogP contribution in [0.15, 0.2) is 78.9 Å². The number of benzene rings is 3. The van der Waals surface area contributed by atoms with Gasteiger partial charge in [-0.05, 0) is 35.8 Å². The molecule has 0 atom stereocenters. The molecule has 3 rings (SSSR count). The van der Waals surface area contributed by atoms with Gasteiger partial charge in [0, 0.05) is 17.1 Å². The zero-order valence-electron chi connectivity index (χ0n) is 14.6. The Kier molecular flexibility index (Phi) is 5.88. The van der Waals surface area contributed by atoms with Crippen LogP contribution >= 0.6 is 11.6 Å². The molecule has 0 bridgehead atoms. The molecule has 0 aliphatic heterocycles. The summed E-state index contributed by atoms with van der Waals surface area (Å²) in [6.07, 6.45) is 1.84. The first-order chi connectivity index (χ1) is 12.6. The molecule has 0 spiro atoms. The van der Waals surface area contributed by atoms with Crippen molar-refractivity contribution in [2.45, 2.75) is 13.5 Å². The lowest BCUT2D eigenvalue weighted by atomic mass is 10.0. The van der Waals surface area contributed by atoms with E-state index < -0.39 is 0 Å². The Morgan fingerprint density at radius 2 is 1.58 bits per heavy atom. The second-order valence-corrected chi connectivity index (χ2v) is 6.52. The molecule has 3 aromatic carbocycles. The summed E-state index contributed by atoms with van der Waals surface area (Å²) in [4.78, 5) is 12.9. The SMILES string of the molecule is Cc1ccc(CNC(=O)/C(=C/c2ccccc2Cl)c2ccccc2)cc1. The lowest BCUT2D eigenvalue weighted by Gasteiger charge is -2.11. The van der Waals surface area contributed by atoms with E-state index in [-0.39, 0.29) is 5.91 Å². The van der Waals surface area contributed by atoms with Gasteiger partial charge in [-0.2, -0.15) is 0 Å². The van der Waals surface area contributed by atoms with E-state index in [4.69, 9.17) is 11.6 Å². The Balaban J connectivity index is 1.87. The van der Waals surface area contributed by atoms with Crippen molar-refractivity contribution >= 4 is 29.2 Å². The minimum Gasteiger partial charge on any atom is -0.348 e. The number of nitrogens with one attached hydrogen (secondary N) is 1. The highest BCUT2D eigenvalue weighted by Gasteiger charge is 2.12. The van der Waals surface area contributed by atoms with Gasteiger partial charge in [0.1, 0.15) is 0 Å². The van der Waals surface area contributed by atoms with Crippen LogP contribution in [0, 0.1) is 6.92 Å². The average Bonchev–Trinajstić information content (AvgIpc) is 2.67. The molecule has 1 amide bonds. The molecular weight excluding hydrogens is 342 g/mol. The molecule has 0 radical (unpaired) electrons. The van der Waals surface area contributed by atoms with Crippen molar-refractivity contribution < 1.29 is 4.79 Å². The smallest absolute Gasteiger partial charge is 0.252 e. The minimum absolute atomic E-state index is 0.128. The molecule has 0 fully saturated rings. The summed E-state index contributed by atoms with van der Waals surface area (Å²) in [5, 5.41) is 3.62. The first-order valence-corrected chi connectivity index (χ1v) is 8.86. The maximum absolute atomic E-state index is 12.9. The first kappa shape index (κ1) is 18.0. The number of rotatable bonds is 5. The number of carbonyl (C=O) groups is 1. The minimum atomic E-state index is -0.128. The van der Waals surface area contributed by atoms with E-state index >= 15 is 0 Å². The molecule has 0 saturated carbocycles. The third kappa shape index (κ3) is 4.62. The Morgan fingerprint density at radius 3 is 2.27 bits per heavy atom. The molecule has 3 heteroatoms. The average molecular weight is 362 g/mol. The predicted octanol–water partition coefficient (Wildman–Crippen LogP) is 5.51. The van der Waals surface area contributed by atoms with Gasteiger partial charge >= 0.3 is 0 Å². The summed E-state index contributed by atoms with van der Waals surface area (Å²) in [5.74, 6) is -0.128. The number of hydrogen-bond acceptors (Lipinski definition) is 1. The van der Waals surface area contributed by atoms with Crippen molar-refractivity contribution in [3.8, 4) is 0 Å². The van der Waals surface area contributed by atoms with E-state index in [0.29, 0.717) is 17.1 Å². The van der Waals surface area contributed by atoms with Crippen LogP contribution in [-0.2, 0) is 11.3 Å². The van der Waals surface area contributed by atoms with Gasteiger partial charge in [0.05, 0.1) is 0 Å². The second kappa shape index (κ2) is 8.50. The van der Waals surface area contributed by atoms with Gasteiger partial charge in [0.15, 0.2) is 0 Å². The molecule has 0 aromatic heterocycles. The Labute approximate surface area is 159 Å². The predicted molar refractivity (Wildman–Crippen MR) is 109 cm³/mol. The summed E-state index contributed by atoms with van der Waals surface area (Å²) in [6, 6.07) is 25.3. The maximum Gasteiger partial charge on any atom is 0.252 e. The largest absolute Gasteiger partial charge is 0.348 e. The van der Waals surface area contributed by atoms with Gasteiger partial charge in [-0.15, -0.1) is 0 Å². The van der Waals surface area contributed by atoms with Gasteiger partial charge in [0.2, 0.25) is 0 Å². The highest BCUT2D eigenvalue weighted by molar-refractivity contribution is 6.33. The number of halogens is 1. The fraction of sp³-hybridized carbons (Fsp3) is 0.0870. The Morgan fingerprint density at radius 1 is 0.923 bits per heavy atom. The highest BCUT2D eigenvalue weighted by atomic mass is 35.5.